The first-order valence-corrected chi connectivity index (χ1v) is 7.28. The average molecular weight is 292 g/mol. The molecule has 1 saturated carbocycles. The SMILES string of the molecule is CCOC1CC(CC(=O)NC(CC)CBr)C1. The molecule has 0 aliphatic heterocycles. The van der Waals surface area contributed by atoms with E-state index in [2.05, 4.69) is 28.2 Å². The highest BCUT2D eigenvalue weighted by molar-refractivity contribution is 9.09. The molecule has 0 aromatic carbocycles. The van der Waals surface area contributed by atoms with Gasteiger partial charge < -0.3 is 10.1 Å². The Labute approximate surface area is 106 Å². The number of ether oxygens (including phenoxy) is 1. The molecular weight excluding hydrogens is 270 g/mol. The zero-order valence-corrected chi connectivity index (χ0v) is 11.8. The molecule has 0 aromatic rings. The van der Waals surface area contributed by atoms with Gasteiger partial charge in [0.1, 0.15) is 0 Å². The lowest BCUT2D eigenvalue weighted by Gasteiger charge is -2.34. The Hall–Kier alpha value is -0.0900. The number of alkyl halides is 1. The van der Waals surface area contributed by atoms with Crippen LogP contribution >= 0.6 is 15.9 Å². The van der Waals surface area contributed by atoms with Crippen LogP contribution in [0, 0.1) is 5.92 Å². The van der Waals surface area contributed by atoms with Gasteiger partial charge in [-0.1, -0.05) is 22.9 Å². The summed E-state index contributed by atoms with van der Waals surface area (Å²) in [5.74, 6) is 0.718. The minimum absolute atomic E-state index is 0.186. The quantitative estimate of drug-likeness (QED) is 0.732. The van der Waals surface area contributed by atoms with Crippen LogP contribution in [0.4, 0.5) is 0 Å². The molecule has 1 fully saturated rings. The van der Waals surface area contributed by atoms with Crippen molar-refractivity contribution in [3.8, 4) is 0 Å². The summed E-state index contributed by atoms with van der Waals surface area (Å²) in [4.78, 5) is 11.7. The Morgan fingerprint density at radius 1 is 1.50 bits per heavy atom. The normalized spacial score (nSPS) is 25.9. The highest BCUT2D eigenvalue weighted by Gasteiger charge is 2.31. The second-order valence-corrected chi connectivity index (χ2v) is 5.09. The first-order chi connectivity index (χ1) is 7.69. The fourth-order valence-electron chi connectivity index (χ4n) is 2.01. The molecule has 94 valence electrons. The van der Waals surface area contributed by atoms with Crippen molar-refractivity contribution in [1.82, 2.24) is 5.32 Å². The second kappa shape index (κ2) is 7.28. The van der Waals surface area contributed by atoms with Gasteiger partial charge in [0.05, 0.1) is 6.10 Å². The number of hydrogen-bond donors (Lipinski definition) is 1. The van der Waals surface area contributed by atoms with Crippen LogP contribution in [0.3, 0.4) is 0 Å². The van der Waals surface area contributed by atoms with Gasteiger partial charge in [0.15, 0.2) is 0 Å². The van der Waals surface area contributed by atoms with Crippen molar-refractivity contribution in [3.05, 3.63) is 0 Å². The topological polar surface area (TPSA) is 38.3 Å². The first kappa shape index (κ1) is 14.0. The summed E-state index contributed by atoms with van der Waals surface area (Å²) in [5.41, 5.74) is 0. The van der Waals surface area contributed by atoms with Crippen LogP contribution in [0.2, 0.25) is 0 Å². The standard InChI is InChI=1S/C12H22BrNO2/c1-3-10(8-13)14-12(15)7-9-5-11(6-9)16-4-2/h9-11H,3-8H2,1-2H3,(H,14,15). The molecule has 1 aliphatic carbocycles. The fourth-order valence-corrected chi connectivity index (χ4v) is 2.63. The molecule has 0 spiro atoms. The van der Waals surface area contributed by atoms with E-state index in [1.807, 2.05) is 6.92 Å². The van der Waals surface area contributed by atoms with E-state index >= 15 is 0 Å². The van der Waals surface area contributed by atoms with E-state index in [0.717, 1.165) is 31.2 Å². The van der Waals surface area contributed by atoms with Gasteiger partial charge in [0.25, 0.3) is 0 Å². The maximum atomic E-state index is 11.7. The molecule has 0 radical (unpaired) electrons. The molecule has 1 atom stereocenters. The smallest absolute Gasteiger partial charge is 0.220 e. The van der Waals surface area contributed by atoms with Crippen molar-refractivity contribution in [3.63, 3.8) is 0 Å². The lowest BCUT2D eigenvalue weighted by atomic mass is 9.80. The number of rotatable bonds is 7. The largest absolute Gasteiger partial charge is 0.378 e. The summed E-state index contributed by atoms with van der Waals surface area (Å²) in [6.45, 7) is 4.88. The maximum Gasteiger partial charge on any atom is 0.220 e. The van der Waals surface area contributed by atoms with Crippen LogP contribution in [0.25, 0.3) is 0 Å². The zero-order valence-electron chi connectivity index (χ0n) is 10.2. The highest BCUT2D eigenvalue weighted by atomic mass is 79.9. The van der Waals surface area contributed by atoms with Gasteiger partial charge in [-0.2, -0.15) is 0 Å². The number of amides is 1. The predicted molar refractivity (Wildman–Crippen MR) is 68.8 cm³/mol. The van der Waals surface area contributed by atoms with Crippen molar-refractivity contribution in [1.29, 1.82) is 0 Å². The van der Waals surface area contributed by atoms with Crippen molar-refractivity contribution in [2.75, 3.05) is 11.9 Å². The van der Waals surface area contributed by atoms with Gasteiger partial charge in [-0.25, -0.2) is 0 Å². The van der Waals surface area contributed by atoms with E-state index in [9.17, 15) is 4.79 Å². The van der Waals surface area contributed by atoms with Gasteiger partial charge in [-0.05, 0) is 32.1 Å². The van der Waals surface area contributed by atoms with Gasteiger partial charge >= 0.3 is 0 Å². The Bertz CT molecular complexity index is 213. The molecule has 1 unspecified atom stereocenters. The summed E-state index contributed by atoms with van der Waals surface area (Å²) >= 11 is 3.40. The number of hydrogen-bond acceptors (Lipinski definition) is 2. The third-order valence-corrected chi connectivity index (χ3v) is 3.89. The third-order valence-electron chi connectivity index (χ3n) is 3.11. The molecule has 0 bridgehead atoms. The van der Waals surface area contributed by atoms with Crippen molar-refractivity contribution in [2.45, 2.75) is 51.7 Å². The molecule has 4 heteroatoms. The number of carbonyl (C=O) groups excluding carboxylic acids is 1. The molecule has 1 rings (SSSR count). The van der Waals surface area contributed by atoms with E-state index in [4.69, 9.17) is 4.74 Å². The van der Waals surface area contributed by atoms with Crippen LogP contribution in [0.15, 0.2) is 0 Å². The average Bonchev–Trinajstić information content (AvgIpc) is 2.23. The molecule has 1 amide bonds. The molecule has 3 nitrogen and oxygen atoms in total. The van der Waals surface area contributed by atoms with E-state index in [1.54, 1.807) is 0 Å². The van der Waals surface area contributed by atoms with Gasteiger partial charge in [-0.15, -0.1) is 0 Å². The van der Waals surface area contributed by atoms with Crippen LogP contribution in [0.5, 0.6) is 0 Å². The first-order valence-electron chi connectivity index (χ1n) is 6.16. The van der Waals surface area contributed by atoms with E-state index in [1.165, 1.54) is 0 Å². The summed E-state index contributed by atoms with van der Waals surface area (Å²) in [7, 11) is 0. The molecule has 1 aliphatic rings. The Morgan fingerprint density at radius 3 is 2.69 bits per heavy atom. The van der Waals surface area contributed by atoms with E-state index in [0.29, 0.717) is 18.4 Å². The van der Waals surface area contributed by atoms with Gasteiger partial charge in [-0.3, -0.25) is 4.79 Å². The summed E-state index contributed by atoms with van der Waals surface area (Å²) in [6.07, 6.45) is 4.13. The molecule has 0 saturated heterocycles. The van der Waals surface area contributed by atoms with Crippen LogP contribution in [-0.2, 0) is 9.53 Å². The summed E-state index contributed by atoms with van der Waals surface area (Å²) < 4.78 is 5.47. The monoisotopic (exact) mass is 291 g/mol. The fraction of sp³-hybridized carbons (Fsp3) is 0.917. The minimum Gasteiger partial charge on any atom is -0.378 e. The van der Waals surface area contributed by atoms with Crippen molar-refractivity contribution >= 4 is 21.8 Å². The molecular formula is C12H22BrNO2. The Morgan fingerprint density at radius 2 is 2.19 bits per heavy atom. The minimum atomic E-state index is 0.186. The predicted octanol–water partition coefficient (Wildman–Crippen LogP) is 2.48. The lowest BCUT2D eigenvalue weighted by molar-refractivity contribution is -0.124. The molecule has 0 aromatic heterocycles. The second-order valence-electron chi connectivity index (χ2n) is 4.45. The number of nitrogens with one attached hydrogen (secondary N) is 1. The highest BCUT2D eigenvalue weighted by Crippen LogP contribution is 2.32. The van der Waals surface area contributed by atoms with Crippen LogP contribution in [-0.4, -0.2) is 30.0 Å². The Kier molecular flexibility index (Phi) is 6.36. The third kappa shape index (κ3) is 4.42. The van der Waals surface area contributed by atoms with Gasteiger partial charge in [0.2, 0.25) is 5.91 Å². The van der Waals surface area contributed by atoms with Crippen LogP contribution in [0.1, 0.15) is 39.5 Å². The maximum absolute atomic E-state index is 11.7. The Balaban J connectivity index is 2.12. The summed E-state index contributed by atoms with van der Waals surface area (Å²) in [6, 6.07) is 0.273. The van der Waals surface area contributed by atoms with Gasteiger partial charge in [0, 0.05) is 24.4 Å². The van der Waals surface area contributed by atoms with Crippen molar-refractivity contribution < 1.29 is 9.53 Å². The lowest BCUT2D eigenvalue weighted by Crippen LogP contribution is -2.40. The van der Waals surface area contributed by atoms with Crippen molar-refractivity contribution in [2.24, 2.45) is 5.92 Å². The molecule has 0 heterocycles. The zero-order chi connectivity index (χ0) is 12.0. The van der Waals surface area contributed by atoms with E-state index < -0.39 is 0 Å². The number of carbonyl (C=O) groups is 1. The molecule has 1 N–H and O–H groups in total. The van der Waals surface area contributed by atoms with E-state index in [-0.39, 0.29) is 11.9 Å². The number of halogens is 1. The van der Waals surface area contributed by atoms with Crippen LogP contribution < -0.4 is 5.32 Å². The summed E-state index contributed by atoms with van der Waals surface area (Å²) in [5, 5.41) is 3.87. The molecule has 16 heavy (non-hydrogen) atoms.